The molecular weight excluding hydrogens is 321 g/mol. The summed E-state index contributed by atoms with van der Waals surface area (Å²) in [4.78, 5) is 14.2. The van der Waals surface area contributed by atoms with Gasteiger partial charge >= 0.3 is 0 Å². The Kier molecular flexibility index (Phi) is 4.88. The Morgan fingerprint density at radius 3 is 2.56 bits per heavy atom. The van der Waals surface area contributed by atoms with Crippen molar-refractivity contribution in [1.29, 1.82) is 0 Å². The van der Waals surface area contributed by atoms with Crippen molar-refractivity contribution < 1.29 is 19.0 Å². The summed E-state index contributed by atoms with van der Waals surface area (Å²) in [6.07, 6.45) is -0.0185. The number of benzene rings is 2. The third-order valence-electron chi connectivity index (χ3n) is 4.37. The van der Waals surface area contributed by atoms with Crippen molar-refractivity contribution in [3.8, 4) is 0 Å². The molecule has 25 heavy (non-hydrogen) atoms. The topological polar surface area (TPSA) is 49.8 Å². The minimum atomic E-state index is -1.01. The first-order chi connectivity index (χ1) is 11.9. The maximum atomic E-state index is 13.9. The van der Waals surface area contributed by atoms with Gasteiger partial charge < -0.3 is 14.7 Å². The van der Waals surface area contributed by atoms with Crippen molar-refractivity contribution in [3.63, 3.8) is 0 Å². The Bertz CT molecular complexity index is 755. The normalized spacial score (nSPS) is 16.0. The van der Waals surface area contributed by atoms with Crippen molar-refractivity contribution in [3.05, 3.63) is 71.0 Å². The van der Waals surface area contributed by atoms with Crippen LogP contribution in [0.1, 0.15) is 35.3 Å². The minimum absolute atomic E-state index is 0.0185. The monoisotopic (exact) mass is 343 g/mol. The second-order valence-corrected chi connectivity index (χ2v) is 6.72. The summed E-state index contributed by atoms with van der Waals surface area (Å²) < 4.78 is 19.3. The lowest BCUT2D eigenvalue weighted by Crippen LogP contribution is -2.61. The summed E-state index contributed by atoms with van der Waals surface area (Å²) in [6, 6.07) is 13.6. The molecule has 0 radical (unpaired) electrons. The number of halogens is 1. The molecule has 1 heterocycles. The molecule has 5 heteroatoms. The van der Waals surface area contributed by atoms with Gasteiger partial charge in [0.15, 0.2) is 0 Å². The molecule has 0 aliphatic carbocycles. The van der Waals surface area contributed by atoms with E-state index in [2.05, 4.69) is 0 Å². The molecule has 1 amide bonds. The fraction of sp³-hybridized carbons (Fsp3) is 0.350. The van der Waals surface area contributed by atoms with Crippen molar-refractivity contribution in [2.45, 2.75) is 32.2 Å². The highest BCUT2D eigenvalue weighted by Gasteiger charge is 2.45. The van der Waals surface area contributed by atoms with E-state index in [0.29, 0.717) is 11.1 Å². The number of amides is 1. The highest BCUT2D eigenvalue weighted by atomic mass is 19.1. The predicted octanol–water partition coefficient (Wildman–Crippen LogP) is 3.09. The zero-order valence-corrected chi connectivity index (χ0v) is 14.4. The summed E-state index contributed by atoms with van der Waals surface area (Å²) in [7, 11) is 0. The fourth-order valence-electron chi connectivity index (χ4n) is 2.92. The standard InChI is InChI=1S/C20H22FNO3/c1-14(2)25-11-16-10-15(8-9-18(16)21)19(23)22-12-20(24,13-22)17-6-4-3-5-7-17/h3-10,14,24H,11-13H2,1-2H3. The average Bonchev–Trinajstić information content (AvgIpc) is 2.58. The third-order valence-corrected chi connectivity index (χ3v) is 4.37. The molecule has 0 unspecified atom stereocenters. The van der Waals surface area contributed by atoms with Crippen LogP contribution >= 0.6 is 0 Å². The minimum Gasteiger partial charge on any atom is -0.381 e. The summed E-state index contributed by atoms with van der Waals surface area (Å²) in [6.45, 7) is 4.32. The van der Waals surface area contributed by atoms with E-state index in [1.165, 1.54) is 18.2 Å². The molecular formula is C20H22FNO3. The van der Waals surface area contributed by atoms with E-state index < -0.39 is 5.60 Å². The van der Waals surface area contributed by atoms with Crippen molar-refractivity contribution >= 4 is 5.91 Å². The van der Waals surface area contributed by atoms with Crippen LogP contribution in [0.4, 0.5) is 4.39 Å². The number of likely N-dealkylation sites (tertiary alicyclic amines) is 1. The number of rotatable bonds is 5. The molecule has 0 saturated carbocycles. The lowest BCUT2D eigenvalue weighted by atomic mass is 9.85. The number of carbonyl (C=O) groups is 1. The van der Waals surface area contributed by atoms with Crippen LogP contribution in [-0.4, -0.2) is 35.1 Å². The van der Waals surface area contributed by atoms with E-state index in [-0.39, 0.29) is 37.5 Å². The molecule has 0 aromatic heterocycles. The fourth-order valence-corrected chi connectivity index (χ4v) is 2.92. The van der Waals surface area contributed by atoms with Crippen molar-refractivity contribution in [2.24, 2.45) is 0 Å². The van der Waals surface area contributed by atoms with Gasteiger partial charge in [0.2, 0.25) is 0 Å². The summed E-state index contributed by atoms with van der Waals surface area (Å²) in [5.41, 5.74) is 0.544. The molecule has 2 aromatic rings. The first-order valence-electron chi connectivity index (χ1n) is 8.36. The smallest absolute Gasteiger partial charge is 0.254 e. The summed E-state index contributed by atoms with van der Waals surface area (Å²) in [5.74, 6) is -0.604. The second-order valence-electron chi connectivity index (χ2n) is 6.72. The molecule has 1 N–H and O–H groups in total. The Morgan fingerprint density at radius 2 is 1.92 bits per heavy atom. The molecule has 2 aromatic carbocycles. The molecule has 132 valence electrons. The van der Waals surface area contributed by atoms with Crippen LogP contribution in [0.15, 0.2) is 48.5 Å². The quantitative estimate of drug-likeness (QED) is 0.908. The molecule has 4 nitrogen and oxygen atoms in total. The highest BCUT2D eigenvalue weighted by Crippen LogP contribution is 2.32. The summed E-state index contributed by atoms with van der Waals surface area (Å²) in [5, 5.41) is 10.6. The van der Waals surface area contributed by atoms with Gasteiger partial charge in [0, 0.05) is 11.1 Å². The van der Waals surface area contributed by atoms with Crippen LogP contribution in [-0.2, 0) is 16.9 Å². The maximum absolute atomic E-state index is 13.9. The number of carbonyl (C=O) groups excluding carboxylic acids is 1. The van der Waals surface area contributed by atoms with Gasteiger partial charge in [-0.1, -0.05) is 30.3 Å². The van der Waals surface area contributed by atoms with Crippen LogP contribution in [0, 0.1) is 5.82 Å². The number of hydrogen-bond donors (Lipinski definition) is 1. The average molecular weight is 343 g/mol. The lowest BCUT2D eigenvalue weighted by molar-refractivity contribution is -0.0863. The maximum Gasteiger partial charge on any atom is 0.254 e. The Hall–Kier alpha value is -2.24. The van der Waals surface area contributed by atoms with E-state index in [1.54, 1.807) is 4.90 Å². The molecule has 1 fully saturated rings. The third kappa shape index (κ3) is 3.72. The van der Waals surface area contributed by atoms with E-state index >= 15 is 0 Å². The zero-order valence-electron chi connectivity index (χ0n) is 14.4. The lowest BCUT2D eigenvalue weighted by Gasteiger charge is -2.46. The molecule has 1 aliphatic heterocycles. The molecule has 3 rings (SSSR count). The first-order valence-corrected chi connectivity index (χ1v) is 8.36. The largest absolute Gasteiger partial charge is 0.381 e. The Morgan fingerprint density at radius 1 is 1.24 bits per heavy atom. The van der Waals surface area contributed by atoms with Gasteiger partial charge in [-0.2, -0.15) is 0 Å². The van der Waals surface area contributed by atoms with Gasteiger partial charge in [0.25, 0.3) is 5.91 Å². The molecule has 1 saturated heterocycles. The number of β-amino-alcohol motifs (C(OH)–C–C–N with tert-alkyl or cyclic N) is 1. The number of nitrogens with zero attached hydrogens (tertiary/aromatic N) is 1. The summed E-state index contributed by atoms with van der Waals surface area (Å²) >= 11 is 0. The number of ether oxygens (including phenoxy) is 1. The van der Waals surface area contributed by atoms with Gasteiger partial charge in [-0.3, -0.25) is 4.79 Å². The SMILES string of the molecule is CC(C)OCc1cc(C(=O)N2CC(O)(c3ccccc3)C2)ccc1F. The first kappa shape index (κ1) is 17.6. The molecule has 0 spiro atoms. The molecule has 0 atom stereocenters. The predicted molar refractivity (Wildman–Crippen MR) is 92.6 cm³/mol. The van der Waals surface area contributed by atoms with Gasteiger partial charge in [0.05, 0.1) is 25.8 Å². The van der Waals surface area contributed by atoms with E-state index in [1.807, 2.05) is 44.2 Å². The second kappa shape index (κ2) is 6.94. The van der Waals surface area contributed by atoms with Gasteiger partial charge in [-0.05, 0) is 37.6 Å². The van der Waals surface area contributed by atoms with Crippen LogP contribution in [0.25, 0.3) is 0 Å². The molecule has 1 aliphatic rings. The van der Waals surface area contributed by atoms with Crippen LogP contribution in [0.5, 0.6) is 0 Å². The van der Waals surface area contributed by atoms with E-state index in [4.69, 9.17) is 4.74 Å². The van der Waals surface area contributed by atoms with Crippen LogP contribution in [0.2, 0.25) is 0 Å². The van der Waals surface area contributed by atoms with Crippen molar-refractivity contribution in [1.82, 2.24) is 4.90 Å². The van der Waals surface area contributed by atoms with E-state index in [9.17, 15) is 14.3 Å². The van der Waals surface area contributed by atoms with Crippen molar-refractivity contribution in [2.75, 3.05) is 13.1 Å². The Balaban J connectivity index is 1.69. The highest BCUT2D eigenvalue weighted by molar-refractivity contribution is 5.95. The number of hydrogen-bond acceptors (Lipinski definition) is 3. The number of aliphatic hydroxyl groups is 1. The zero-order chi connectivity index (χ0) is 18.0. The van der Waals surface area contributed by atoms with Crippen LogP contribution < -0.4 is 0 Å². The van der Waals surface area contributed by atoms with Gasteiger partial charge in [-0.15, -0.1) is 0 Å². The Labute approximate surface area is 146 Å². The van der Waals surface area contributed by atoms with Gasteiger partial charge in [-0.25, -0.2) is 4.39 Å². The molecule has 0 bridgehead atoms. The van der Waals surface area contributed by atoms with Crippen LogP contribution in [0.3, 0.4) is 0 Å². The van der Waals surface area contributed by atoms with Gasteiger partial charge in [0.1, 0.15) is 11.4 Å². The van der Waals surface area contributed by atoms with E-state index in [0.717, 1.165) is 5.56 Å².